The van der Waals surface area contributed by atoms with Gasteiger partial charge in [0.2, 0.25) is 0 Å². The van der Waals surface area contributed by atoms with Crippen molar-refractivity contribution in [1.82, 2.24) is 5.32 Å². The fourth-order valence-electron chi connectivity index (χ4n) is 2.41. The molecule has 0 bridgehead atoms. The predicted octanol–water partition coefficient (Wildman–Crippen LogP) is 3.79. The zero-order chi connectivity index (χ0) is 17.4. The van der Waals surface area contributed by atoms with Crippen LogP contribution in [0.4, 0.5) is 10.5 Å². The zero-order valence-electron chi connectivity index (χ0n) is 12.9. The monoisotopic (exact) mass is 404 g/mol. The maximum atomic E-state index is 12.8. The first-order valence-corrected chi connectivity index (χ1v) is 8.78. The van der Waals surface area contributed by atoms with Gasteiger partial charge >= 0.3 is 6.03 Å². The first kappa shape index (κ1) is 16.6. The molecule has 24 heavy (non-hydrogen) atoms. The third-order valence-electron chi connectivity index (χ3n) is 3.86. The number of barbiturate groups is 1. The second-order valence-corrected chi connectivity index (χ2v) is 7.12. The SMILES string of the molecule is Cc1c(Br)ccc(N2C(=O)NC(=O)C(=Cc3cccs3)C2=O)c1C. The van der Waals surface area contributed by atoms with Gasteiger partial charge in [0.15, 0.2) is 0 Å². The van der Waals surface area contributed by atoms with Crippen LogP contribution < -0.4 is 10.2 Å². The van der Waals surface area contributed by atoms with Crippen LogP contribution >= 0.6 is 27.3 Å². The average Bonchev–Trinajstić information content (AvgIpc) is 3.04. The number of benzene rings is 1. The molecule has 122 valence electrons. The van der Waals surface area contributed by atoms with Crippen LogP contribution in [0, 0.1) is 13.8 Å². The van der Waals surface area contributed by atoms with Gasteiger partial charge in [0.05, 0.1) is 5.69 Å². The molecule has 0 unspecified atom stereocenters. The normalized spacial score (nSPS) is 16.7. The highest BCUT2D eigenvalue weighted by Crippen LogP contribution is 2.31. The van der Waals surface area contributed by atoms with Crippen LogP contribution in [0.1, 0.15) is 16.0 Å². The number of halogens is 1. The summed E-state index contributed by atoms with van der Waals surface area (Å²) in [6.45, 7) is 3.72. The van der Waals surface area contributed by atoms with Crippen LogP contribution in [0.2, 0.25) is 0 Å². The molecule has 2 aromatic rings. The second kappa shape index (κ2) is 6.33. The molecule has 5 nitrogen and oxygen atoms in total. The number of rotatable bonds is 2. The fourth-order valence-corrected chi connectivity index (χ4v) is 3.49. The van der Waals surface area contributed by atoms with Gasteiger partial charge in [0.1, 0.15) is 5.57 Å². The molecule has 1 fully saturated rings. The highest BCUT2D eigenvalue weighted by Gasteiger charge is 2.37. The van der Waals surface area contributed by atoms with E-state index >= 15 is 0 Å². The molecule has 0 atom stereocenters. The summed E-state index contributed by atoms with van der Waals surface area (Å²) in [5, 5.41) is 4.08. The lowest BCUT2D eigenvalue weighted by Crippen LogP contribution is -2.54. The van der Waals surface area contributed by atoms with Gasteiger partial charge < -0.3 is 0 Å². The van der Waals surface area contributed by atoms with Crippen LogP contribution in [-0.4, -0.2) is 17.8 Å². The topological polar surface area (TPSA) is 66.5 Å². The Morgan fingerprint density at radius 2 is 1.88 bits per heavy atom. The third kappa shape index (κ3) is 2.81. The predicted molar refractivity (Wildman–Crippen MR) is 96.9 cm³/mol. The van der Waals surface area contributed by atoms with E-state index < -0.39 is 17.8 Å². The van der Waals surface area contributed by atoms with Crippen molar-refractivity contribution in [3.05, 3.63) is 55.7 Å². The number of amides is 4. The Labute approximate surface area is 151 Å². The minimum atomic E-state index is -0.738. The minimum Gasteiger partial charge on any atom is -0.273 e. The molecule has 1 aromatic heterocycles. The molecule has 1 N–H and O–H groups in total. The van der Waals surface area contributed by atoms with Crippen LogP contribution in [0.5, 0.6) is 0 Å². The molecule has 0 radical (unpaired) electrons. The van der Waals surface area contributed by atoms with Crippen LogP contribution in [0.25, 0.3) is 6.08 Å². The fraction of sp³-hybridized carbons (Fsp3) is 0.118. The van der Waals surface area contributed by atoms with Crippen molar-refractivity contribution in [2.24, 2.45) is 0 Å². The number of hydrogen-bond acceptors (Lipinski definition) is 4. The summed E-state index contributed by atoms with van der Waals surface area (Å²) < 4.78 is 0.888. The Bertz CT molecular complexity index is 887. The summed E-state index contributed by atoms with van der Waals surface area (Å²) in [6, 6.07) is 6.35. The second-order valence-electron chi connectivity index (χ2n) is 5.29. The first-order valence-electron chi connectivity index (χ1n) is 7.11. The van der Waals surface area contributed by atoms with E-state index in [0.717, 1.165) is 25.4 Å². The van der Waals surface area contributed by atoms with Crippen molar-refractivity contribution >= 4 is 56.9 Å². The van der Waals surface area contributed by atoms with Crippen molar-refractivity contribution in [2.75, 3.05) is 4.90 Å². The molecule has 4 amide bonds. The van der Waals surface area contributed by atoms with Crippen LogP contribution in [0.15, 0.2) is 39.7 Å². The van der Waals surface area contributed by atoms with Gasteiger partial charge in [0.25, 0.3) is 11.8 Å². The van der Waals surface area contributed by atoms with E-state index in [-0.39, 0.29) is 5.57 Å². The van der Waals surface area contributed by atoms with Gasteiger partial charge in [-0.1, -0.05) is 22.0 Å². The lowest BCUT2D eigenvalue weighted by atomic mass is 10.0. The van der Waals surface area contributed by atoms with Crippen molar-refractivity contribution in [1.29, 1.82) is 0 Å². The molecule has 7 heteroatoms. The summed E-state index contributed by atoms with van der Waals surface area (Å²) in [5.41, 5.74) is 2.12. The molecule has 1 aliphatic heterocycles. The molecule has 0 aliphatic carbocycles. The Kier molecular flexibility index (Phi) is 4.38. The summed E-state index contributed by atoms with van der Waals surface area (Å²) in [7, 11) is 0. The molecule has 1 saturated heterocycles. The Balaban J connectivity index is 2.08. The lowest BCUT2D eigenvalue weighted by molar-refractivity contribution is -0.122. The number of nitrogens with zero attached hydrogens (tertiary/aromatic N) is 1. The number of urea groups is 1. The largest absolute Gasteiger partial charge is 0.335 e. The van der Waals surface area contributed by atoms with E-state index in [4.69, 9.17) is 0 Å². The van der Waals surface area contributed by atoms with E-state index in [1.807, 2.05) is 25.3 Å². The van der Waals surface area contributed by atoms with Gasteiger partial charge in [-0.3, -0.25) is 14.9 Å². The van der Waals surface area contributed by atoms with Gasteiger partial charge in [-0.15, -0.1) is 11.3 Å². The van der Waals surface area contributed by atoms with Crippen molar-refractivity contribution in [2.45, 2.75) is 13.8 Å². The zero-order valence-corrected chi connectivity index (χ0v) is 15.3. The number of imide groups is 2. The molecule has 3 rings (SSSR count). The molecule has 1 aliphatic rings. The lowest BCUT2D eigenvalue weighted by Gasteiger charge is -2.28. The van der Waals surface area contributed by atoms with Gasteiger partial charge in [0, 0.05) is 9.35 Å². The van der Waals surface area contributed by atoms with E-state index in [2.05, 4.69) is 21.2 Å². The average molecular weight is 405 g/mol. The highest BCUT2D eigenvalue weighted by atomic mass is 79.9. The number of nitrogens with one attached hydrogen (secondary N) is 1. The van der Waals surface area contributed by atoms with Gasteiger partial charge in [-0.25, -0.2) is 9.69 Å². The van der Waals surface area contributed by atoms with Crippen LogP contribution in [-0.2, 0) is 9.59 Å². The third-order valence-corrected chi connectivity index (χ3v) is 5.54. The number of hydrogen-bond donors (Lipinski definition) is 1. The smallest absolute Gasteiger partial charge is 0.273 e. The number of anilines is 1. The number of thiophene rings is 1. The Morgan fingerprint density at radius 3 is 2.54 bits per heavy atom. The Morgan fingerprint density at radius 1 is 1.12 bits per heavy atom. The van der Waals surface area contributed by atoms with E-state index in [1.54, 1.807) is 18.2 Å². The summed E-state index contributed by atoms with van der Waals surface area (Å²) >= 11 is 4.84. The van der Waals surface area contributed by atoms with Gasteiger partial charge in [-0.05, 0) is 54.6 Å². The highest BCUT2D eigenvalue weighted by molar-refractivity contribution is 9.10. The molecule has 0 spiro atoms. The quantitative estimate of drug-likeness (QED) is 0.611. The molecular weight excluding hydrogens is 392 g/mol. The molecule has 0 saturated carbocycles. The maximum absolute atomic E-state index is 12.8. The van der Waals surface area contributed by atoms with Crippen molar-refractivity contribution < 1.29 is 14.4 Å². The molecule has 1 aromatic carbocycles. The first-order chi connectivity index (χ1) is 11.4. The molecular formula is C17H13BrN2O3S. The Hall–Kier alpha value is -2.25. The van der Waals surface area contributed by atoms with Crippen molar-refractivity contribution in [3.63, 3.8) is 0 Å². The van der Waals surface area contributed by atoms with Crippen LogP contribution in [0.3, 0.4) is 0 Å². The van der Waals surface area contributed by atoms with E-state index in [9.17, 15) is 14.4 Å². The summed E-state index contributed by atoms with van der Waals surface area (Å²) in [6.07, 6.45) is 1.50. The van der Waals surface area contributed by atoms with E-state index in [0.29, 0.717) is 5.69 Å². The number of carbonyl (C=O) groups excluding carboxylic acids is 3. The number of carbonyl (C=O) groups is 3. The molecule has 2 heterocycles. The van der Waals surface area contributed by atoms with Gasteiger partial charge in [-0.2, -0.15) is 0 Å². The minimum absolute atomic E-state index is 0.0583. The van der Waals surface area contributed by atoms with Crippen molar-refractivity contribution in [3.8, 4) is 0 Å². The summed E-state index contributed by atoms with van der Waals surface area (Å²) in [5.74, 6) is -1.30. The van der Waals surface area contributed by atoms with E-state index in [1.165, 1.54) is 17.4 Å². The standard InChI is InChI=1S/C17H13BrN2O3S/c1-9-10(2)14(6-5-13(9)18)20-16(22)12(15(21)19-17(20)23)8-11-4-3-7-24-11/h3-8H,1-2H3,(H,19,21,23). The maximum Gasteiger partial charge on any atom is 0.335 e. The summed E-state index contributed by atoms with van der Waals surface area (Å²) in [4.78, 5) is 38.9.